The van der Waals surface area contributed by atoms with E-state index < -0.39 is 18.1 Å². The first-order chi connectivity index (χ1) is 31.1. The van der Waals surface area contributed by atoms with Crippen molar-refractivity contribution in [2.75, 3.05) is 41.0 Å². The molecule has 0 aromatic heterocycles. The van der Waals surface area contributed by atoms with E-state index in [9.17, 15) is 19.5 Å². The van der Waals surface area contributed by atoms with E-state index in [1.165, 1.54) is 141 Å². The highest BCUT2D eigenvalue weighted by molar-refractivity contribution is 5.70. The predicted molar refractivity (Wildman–Crippen MR) is 268 cm³/mol. The Balaban J connectivity index is 4.24. The van der Waals surface area contributed by atoms with Gasteiger partial charge in [-0.1, -0.05) is 191 Å². The number of carbonyl (C=O) groups is 3. The first kappa shape index (κ1) is 61.3. The standard InChI is InChI=1S/C56H101NO7/c1-6-8-10-12-14-16-18-20-22-24-25-26-27-28-29-31-33-35-37-39-41-43-45-47-55(59)64-52(50-62-49-48-53(56(60)61)57(3,4)5)51-63-54(58)46-44-42-40-38-36-34-32-30-23-21-19-17-15-13-11-9-7-2/h15,17,21,23,25-26,28-29,52-53H,6-14,16,18-20,22,24,27,30-51H2,1-5H3/b17-15+,23-21+,26-25+,29-28+. The Kier molecular flexibility index (Phi) is 44.8. The van der Waals surface area contributed by atoms with Gasteiger partial charge in [-0.3, -0.25) is 9.59 Å². The van der Waals surface area contributed by atoms with Gasteiger partial charge in [-0.25, -0.2) is 0 Å². The monoisotopic (exact) mass is 900 g/mol. The van der Waals surface area contributed by atoms with Crippen molar-refractivity contribution in [3.8, 4) is 0 Å². The number of carboxylic acid groups (broad SMARTS) is 1. The van der Waals surface area contributed by atoms with Crippen molar-refractivity contribution < 1.29 is 38.2 Å². The minimum absolute atomic E-state index is 0.0349. The molecule has 0 aliphatic heterocycles. The number of allylic oxidation sites excluding steroid dienone is 8. The second kappa shape index (κ2) is 46.8. The fraction of sp³-hybridized carbons (Fsp3) is 0.804. The molecule has 0 aromatic rings. The Labute approximate surface area is 395 Å². The number of esters is 2. The molecule has 2 atom stereocenters. The maximum atomic E-state index is 12.8. The minimum atomic E-state index is -1.13. The maximum Gasteiger partial charge on any atom is 0.306 e. The number of aliphatic carboxylic acids is 1. The molecular formula is C56H101NO7. The average molecular weight is 900 g/mol. The lowest BCUT2D eigenvalue weighted by atomic mass is 10.1. The Morgan fingerprint density at radius 1 is 0.469 bits per heavy atom. The fourth-order valence-corrected chi connectivity index (χ4v) is 7.78. The summed E-state index contributed by atoms with van der Waals surface area (Å²) in [7, 11) is 5.41. The number of nitrogens with zero attached hydrogens (tertiary/aromatic N) is 1. The molecule has 0 amide bonds. The zero-order valence-corrected chi connectivity index (χ0v) is 42.4. The highest BCUT2D eigenvalue weighted by Crippen LogP contribution is 2.15. The normalized spacial score (nSPS) is 13.2. The van der Waals surface area contributed by atoms with E-state index in [2.05, 4.69) is 62.5 Å². The van der Waals surface area contributed by atoms with Gasteiger partial charge >= 0.3 is 11.9 Å². The van der Waals surface area contributed by atoms with Gasteiger partial charge in [0.25, 0.3) is 0 Å². The van der Waals surface area contributed by atoms with Crippen molar-refractivity contribution in [3.63, 3.8) is 0 Å². The number of hydrogen-bond donors (Lipinski definition) is 0. The summed E-state index contributed by atoms with van der Waals surface area (Å²) in [5, 5.41) is 11.7. The number of likely N-dealkylation sites (N-methyl/N-ethyl adjacent to an activating group) is 1. The Hall–Kier alpha value is -2.71. The van der Waals surface area contributed by atoms with Gasteiger partial charge in [0.15, 0.2) is 6.10 Å². The number of unbranched alkanes of at least 4 members (excludes halogenated alkanes) is 26. The lowest BCUT2D eigenvalue weighted by Crippen LogP contribution is -2.55. The van der Waals surface area contributed by atoms with E-state index in [1.807, 2.05) is 0 Å². The first-order valence-electron chi connectivity index (χ1n) is 26.7. The van der Waals surface area contributed by atoms with Gasteiger partial charge in [-0.15, -0.1) is 0 Å². The number of hydrogen-bond acceptors (Lipinski definition) is 7. The van der Waals surface area contributed by atoms with Crippen LogP contribution in [0.1, 0.15) is 239 Å². The molecule has 2 unspecified atom stereocenters. The van der Waals surface area contributed by atoms with Crippen LogP contribution in [0.4, 0.5) is 0 Å². The van der Waals surface area contributed by atoms with Crippen LogP contribution in [0.25, 0.3) is 0 Å². The average Bonchev–Trinajstić information content (AvgIpc) is 3.26. The van der Waals surface area contributed by atoms with Crippen LogP contribution in [0.2, 0.25) is 0 Å². The number of quaternary nitrogens is 1. The van der Waals surface area contributed by atoms with Crippen molar-refractivity contribution in [1.29, 1.82) is 0 Å². The number of carboxylic acids is 1. The molecule has 0 aliphatic carbocycles. The number of carbonyl (C=O) groups excluding carboxylic acids is 3. The van der Waals surface area contributed by atoms with E-state index in [0.29, 0.717) is 12.8 Å². The summed E-state index contributed by atoms with van der Waals surface area (Å²) < 4.78 is 17.2. The third kappa shape index (κ3) is 44.5. The van der Waals surface area contributed by atoms with Crippen molar-refractivity contribution in [1.82, 2.24) is 0 Å². The van der Waals surface area contributed by atoms with Gasteiger partial charge in [0.05, 0.1) is 40.3 Å². The van der Waals surface area contributed by atoms with Crippen molar-refractivity contribution >= 4 is 17.9 Å². The van der Waals surface area contributed by atoms with Crippen LogP contribution < -0.4 is 5.11 Å². The molecule has 0 saturated carbocycles. The molecule has 0 N–H and O–H groups in total. The van der Waals surface area contributed by atoms with Crippen LogP contribution in [-0.2, 0) is 28.6 Å². The van der Waals surface area contributed by atoms with Crippen LogP contribution in [0.5, 0.6) is 0 Å². The second-order valence-electron chi connectivity index (χ2n) is 19.1. The third-order valence-electron chi connectivity index (χ3n) is 11.9. The molecule has 0 rings (SSSR count). The van der Waals surface area contributed by atoms with Gasteiger partial charge in [0.2, 0.25) is 0 Å². The molecule has 0 heterocycles. The largest absolute Gasteiger partial charge is 0.544 e. The van der Waals surface area contributed by atoms with E-state index in [4.69, 9.17) is 14.2 Å². The summed E-state index contributed by atoms with van der Waals surface area (Å²) in [4.78, 5) is 37.1. The Morgan fingerprint density at radius 3 is 1.23 bits per heavy atom. The zero-order chi connectivity index (χ0) is 47.0. The van der Waals surface area contributed by atoms with Gasteiger partial charge in [0, 0.05) is 19.3 Å². The summed E-state index contributed by atoms with van der Waals surface area (Å²) in [6, 6.07) is -0.730. The summed E-state index contributed by atoms with van der Waals surface area (Å²) >= 11 is 0. The van der Waals surface area contributed by atoms with E-state index in [-0.39, 0.29) is 42.7 Å². The molecule has 8 nitrogen and oxygen atoms in total. The van der Waals surface area contributed by atoms with E-state index in [1.54, 1.807) is 21.1 Å². The highest BCUT2D eigenvalue weighted by Gasteiger charge is 2.25. The molecule has 0 aliphatic rings. The summed E-state index contributed by atoms with van der Waals surface area (Å²) in [5.74, 6) is -1.75. The highest BCUT2D eigenvalue weighted by atomic mass is 16.6. The molecule has 0 spiro atoms. The first-order valence-corrected chi connectivity index (χ1v) is 26.7. The second-order valence-corrected chi connectivity index (χ2v) is 19.1. The molecule has 0 radical (unpaired) electrons. The van der Waals surface area contributed by atoms with Crippen molar-refractivity contribution in [2.24, 2.45) is 0 Å². The summed E-state index contributed by atoms with van der Waals surface area (Å²) in [6.07, 6.45) is 57.1. The topological polar surface area (TPSA) is 102 Å². The Bertz CT molecular complexity index is 1190. The molecule has 64 heavy (non-hydrogen) atoms. The smallest absolute Gasteiger partial charge is 0.306 e. The number of ether oxygens (including phenoxy) is 3. The predicted octanol–water partition coefficient (Wildman–Crippen LogP) is 14.2. The molecule has 8 heteroatoms. The van der Waals surface area contributed by atoms with Crippen molar-refractivity contribution in [3.05, 3.63) is 48.6 Å². The molecule has 0 fully saturated rings. The lowest BCUT2D eigenvalue weighted by molar-refractivity contribution is -0.889. The maximum absolute atomic E-state index is 12.8. The molecule has 372 valence electrons. The lowest BCUT2D eigenvalue weighted by Gasteiger charge is -2.34. The van der Waals surface area contributed by atoms with Crippen LogP contribution in [0.3, 0.4) is 0 Å². The van der Waals surface area contributed by atoms with Crippen LogP contribution in [-0.4, -0.2) is 75.5 Å². The summed E-state index contributed by atoms with van der Waals surface area (Å²) in [6.45, 7) is 4.64. The summed E-state index contributed by atoms with van der Waals surface area (Å²) in [5.41, 5.74) is 0. The van der Waals surface area contributed by atoms with Gasteiger partial charge in [-0.05, 0) is 77.0 Å². The molecule has 0 saturated heterocycles. The van der Waals surface area contributed by atoms with Crippen molar-refractivity contribution in [2.45, 2.75) is 251 Å². The SMILES string of the molecule is CCCCC/C=C/C/C=C/CCCCCCCCCC(=O)OCC(COCCC(C(=O)[O-])[N+](C)(C)C)OC(=O)CCCCCCCCC/C=C/C/C=C/CCCCCCCCCCC. The molecule has 0 aromatic carbocycles. The fourth-order valence-electron chi connectivity index (χ4n) is 7.78. The van der Waals surface area contributed by atoms with Gasteiger partial charge < -0.3 is 28.6 Å². The van der Waals surface area contributed by atoms with Gasteiger partial charge in [0.1, 0.15) is 12.6 Å². The number of rotatable bonds is 48. The van der Waals surface area contributed by atoms with Crippen LogP contribution in [0.15, 0.2) is 48.6 Å². The zero-order valence-electron chi connectivity index (χ0n) is 42.4. The third-order valence-corrected chi connectivity index (χ3v) is 11.9. The van der Waals surface area contributed by atoms with Gasteiger partial charge in [-0.2, -0.15) is 0 Å². The Morgan fingerprint density at radius 2 is 0.828 bits per heavy atom. The van der Waals surface area contributed by atoms with E-state index >= 15 is 0 Å². The molecular weight excluding hydrogens is 799 g/mol. The van der Waals surface area contributed by atoms with E-state index in [0.717, 1.165) is 64.2 Å². The van der Waals surface area contributed by atoms with Crippen LogP contribution >= 0.6 is 0 Å². The quantitative estimate of drug-likeness (QED) is 0.0259. The molecule has 0 bridgehead atoms. The van der Waals surface area contributed by atoms with Crippen LogP contribution in [0, 0.1) is 0 Å². The minimum Gasteiger partial charge on any atom is -0.544 e.